The summed E-state index contributed by atoms with van der Waals surface area (Å²) in [5.74, 6) is -0.728. The van der Waals surface area contributed by atoms with Crippen LogP contribution in [0.2, 0.25) is 0 Å². The van der Waals surface area contributed by atoms with Crippen LogP contribution in [-0.2, 0) is 9.59 Å². The highest BCUT2D eigenvalue weighted by molar-refractivity contribution is 6.24. The molecule has 0 aliphatic carbocycles. The third-order valence-electron chi connectivity index (χ3n) is 5.80. The Labute approximate surface area is 157 Å². The van der Waals surface area contributed by atoms with E-state index in [0.29, 0.717) is 11.3 Å². The summed E-state index contributed by atoms with van der Waals surface area (Å²) in [5, 5.41) is 13.3. The number of fused-ring (bicyclic) bond motifs is 3. The number of hydrazine groups is 1. The van der Waals surface area contributed by atoms with Gasteiger partial charge >= 0.3 is 0 Å². The summed E-state index contributed by atoms with van der Waals surface area (Å²) >= 11 is 0. The molecule has 2 aromatic carbocycles. The van der Waals surface area contributed by atoms with Crippen LogP contribution < -0.4 is 4.90 Å². The van der Waals surface area contributed by atoms with Gasteiger partial charge in [0.1, 0.15) is 6.04 Å². The molecule has 0 aromatic heterocycles. The zero-order valence-corrected chi connectivity index (χ0v) is 14.7. The highest BCUT2D eigenvalue weighted by Crippen LogP contribution is 2.48. The van der Waals surface area contributed by atoms with E-state index in [9.17, 15) is 9.59 Å². The number of hydrogen-bond acceptors (Lipinski definition) is 5. The highest BCUT2D eigenvalue weighted by atomic mass is 16.2. The third kappa shape index (κ3) is 2.26. The Hall–Kier alpha value is -3.01. The molecular weight excluding hydrogens is 340 g/mol. The summed E-state index contributed by atoms with van der Waals surface area (Å²) in [6.07, 6.45) is 0.991. The molecule has 5 rings (SSSR count). The molecule has 0 unspecified atom stereocenters. The van der Waals surface area contributed by atoms with E-state index in [1.807, 2.05) is 30.3 Å². The van der Waals surface area contributed by atoms with Crippen molar-refractivity contribution in [3.05, 3.63) is 65.7 Å². The maximum Gasteiger partial charge on any atom is 0.253 e. The summed E-state index contributed by atoms with van der Waals surface area (Å²) in [5.41, 5.74) is 2.11. The van der Waals surface area contributed by atoms with Crippen molar-refractivity contribution in [2.45, 2.75) is 18.5 Å². The number of carbonyl (C=O) groups excluding carboxylic acids is 2. The van der Waals surface area contributed by atoms with Crippen LogP contribution in [0.15, 0.2) is 54.6 Å². The standard InChI is InChI=1S/C21H18N4O2/c22-13-14-7-9-16(10-8-14)25-20(26)17-18(15-5-2-1-3-6-15)23-11-4-12-24(23)19(17)21(25)27/h1-3,5-10,17-19H,4,11-12H2/t17-,18+,19-/m0/s1. The first-order chi connectivity index (χ1) is 13.2. The van der Waals surface area contributed by atoms with E-state index in [-0.39, 0.29) is 17.9 Å². The van der Waals surface area contributed by atoms with Crippen LogP contribution in [0.4, 0.5) is 5.69 Å². The quantitative estimate of drug-likeness (QED) is 0.769. The SMILES string of the molecule is N#Cc1ccc(N2C(=O)[C@@H]3[C@@H](C2=O)N2CCCN2[C@@H]3c2ccccc2)cc1. The van der Waals surface area contributed by atoms with E-state index >= 15 is 0 Å². The molecule has 0 N–H and O–H groups in total. The fourth-order valence-electron chi connectivity index (χ4n) is 4.70. The number of benzene rings is 2. The lowest BCUT2D eigenvalue weighted by atomic mass is 9.90. The first-order valence-corrected chi connectivity index (χ1v) is 9.17. The molecule has 3 fully saturated rings. The Morgan fingerprint density at radius 3 is 2.19 bits per heavy atom. The lowest BCUT2D eigenvalue weighted by molar-refractivity contribution is -0.126. The van der Waals surface area contributed by atoms with E-state index in [2.05, 4.69) is 16.1 Å². The molecule has 0 saturated carbocycles. The van der Waals surface area contributed by atoms with Crippen molar-refractivity contribution in [3.8, 4) is 6.07 Å². The van der Waals surface area contributed by atoms with Crippen LogP contribution in [0.25, 0.3) is 0 Å². The monoisotopic (exact) mass is 358 g/mol. The molecular formula is C21H18N4O2. The normalized spacial score (nSPS) is 27.7. The molecule has 6 nitrogen and oxygen atoms in total. The van der Waals surface area contributed by atoms with Crippen molar-refractivity contribution in [1.29, 1.82) is 5.26 Å². The number of anilines is 1. The number of carbonyl (C=O) groups is 2. The molecule has 134 valence electrons. The number of rotatable bonds is 2. The number of hydrogen-bond donors (Lipinski definition) is 0. The van der Waals surface area contributed by atoms with Gasteiger partial charge in [-0.25, -0.2) is 14.9 Å². The molecule has 3 aliphatic rings. The fraction of sp³-hybridized carbons (Fsp3) is 0.286. The molecule has 0 radical (unpaired) electrons. The van der Waals surface area contributed by atoms with Crippen molar-refractivity contribution in [1.82, 2.24) is 10.0 Å². The van der Waals surface area contributed by atoms with Gasteiger partial charge in [-0.2, -0.15) is 5.26 Å². The van der Waals surface area contributed by atoms with E-state index in [1.54, 1.807) is 24.3 Å². The van der Waals surface area contributed by atoms with Gasteiger partial charge in [-0.05, 0) is 36.2 Å². The Morgan fingerprint density at radius 2 is 1.52 bits per heavy atom. The zero-order valence-electron chi connectivity index (χ0n) is 14.7. The zero-order chi connectivity index (χ0) is 18.5. The first kappa shape index (κ1) is 16.2. The minimum atomic E-state index is -0.444. The van der Waals surface area contributed by atoms with Gasteiger partial charge < -0.3 is 0 Å². The van der Waals surface area contributed by atoms with Crippen LogP contribution in [0.5, 0.6) is 0 Å². The molecule has 3 aliphatic heterocycles. The van der Waals surface area contributed by atoms with Gasteiger partial charge in [0.2, 0.25) is 5.91 Å². The molecule has 27 heavy (non-hydrogen) atoms. The van der Waals surface area contributed by atoms with Crippen LogP contribution in [0, 0.1) is 17.2 Å². The van der Waals surface area contributed by atoms with Crippen LogP contribution in [0.1, 0.15) is 23.6 Å². The second-order valence-corrected chi connectivity index (χ2v) is 7.18. The van der Waals surface area contributed by atoms with Crippen molar-refractivity contribution < 1.29 is 9.59 Å². The number of imide groups is 1. The van der Waals surface area contributed by atoms with Gasteiger partial charge in [0, 0.05) is 13.1 Å². The van der Waals surface area contributed by atoms with Crippen molar-refractivity contribution in [3.63, 3.8) is 0 Å². The summed E-state index contributed by atoms with van der Waals surface area (Å²) in [6, 6.07) is 18.1. The molecule has 0 bridgehead atoms. The average Bonchev–Trinajstić information content (AvgIpc) is 3.35. The van der Waals surface area contributed by atoms with Gasteiger partial charge in [0.25, 0.3) is 5.91 Å². The molecule has 2 amide bonds. The second kappa shape index (κ2) is 6.02. The summed E-state index contributed by atoms with van der Waals surface area (Å²) in [6.45, 7) is 1.66. The van der Waals surface area contributed by atoms with Crippen LogP contribution in [-0.4, -0.2) is 41.0 Å². The van der Waals surface area contributed by atoms with Gasteiger partial charge in [0.15, 0.2) is 0 Å². The highest BCUT2D eigenvalue weighted by Gasteiger charge is 2.62. The summed E-state index contributed by atoms with van der Waals surface area (Å²) < 4.78 is 0. The average molecular weight is 358 g/mol. The van der Waals surface area contributed by atoms with E-state index in [1.165, 1.54) is 4.90 Å². The molecule has 2 aromatic rings. The maximum atomic E-state index is 13.4. The number of nitrogens with zero attached hydrogens (tertiary/aromatic N) is 4. The Bertz CT molecular complexity index is 950. The first-order valence-electron chi connectivity index (χ1n) is 9.17. The predicted octanol–water partition coefficient (Wildman–Crippen LogP) is 2.09. The lowest BCUT2D eigenvalue weighted by Crippen LogP contribution is -2.44. The fourth-order valence-corrected chi connectivity index (χ4v) is 4.70. The third-order valence-corrected chi connectivity index (χ3v) is 5.80. The second-order valence-electron chi connectivity index (χ2n) is 7.18. The van der Waals surface area contributed by atoms with E-state index in [0.717, 1.165) is 25.1 Å². The van der Waals surface area contributed by atoms with Gasteiger partial charge in [-0.1, -0.05) is 30.3 Å². The molecule has 6 heteroatoms. The van der Waals surface area contributed by atoms with Gasteiger partial charge in [-0.15, -0.1) is 0 Å². The van der Waals surface area contributed by atoms with Crippen molar-refractivity contribution >= 4 is 17.5 Å². The largest absolute Gasteiger partial charge is 0.274 e. The Kier molecular flexibility index (Phi) is 3.61. The van der Waals surface area contributed by atoms with Crippen LogP contribution in [0.3, 0.4) is 0 Å². The lowest BCUT2D eigenvalue weighted by Gasteiger charge is -2.29. The molecule has 3 heterocycles. The minimum Gasteiger partial charge on any atom is -0.274 e. The molecule has 3 saturated heterocycles. The van der Waals surface area contributed by atoms with E-state index < -0.39 is 12.0 Å². The smallest absolute Gasteiger partial charge is 0.253 e. The van der Waals surface area contributed by atoms with E-state index in [4.69, 9.17) is 5.26 Å². The summed E-state index contributed by atoms with van der Waals surface area (Å²) in [4.78, 5) is 27.9. The Balaban J connectivity index is 1.57. The van der Waals surface area contributed by atoms with Gasteiger partial charge in [-0.3, -0.25) is 9.59 Å². The topological polar surface area (TPSA) is 67.6 Å². The molecule has 0 spiro atoms. The van der Waals surface area contributed by atoms with Crippen LogP contribution >= 0.6 is 0 Å². The van der Waals surface area contributed by atoms with Gasteiger partial charge in [0.05, 0.1) is 29.3 Å². The summed E-state index contributed by atoms with van der Waals surface area (Å²) in [7, 11) is 0. The Morgan fingerprint density at radius 1 is 0.852 bits per heavy atom. The van der Waals surface area contributed by atoms with Crippen molar-refractivity contribution in [2.75, 3.05) is 18.0 Å². The van der Waals surface area contributed by atoms with Crippen molar-refractivity contribution in [2.24, 2.45) is 5.92 Å². The number of nitriles is 1. The predicted molar refractivity (Wildman–Crippen MR) is 98.1 cm³/mol. The molecule has 3 atom stereocenters. The maximum absolute atomic E-state index is 13.4. The minimum absolute atomic E-state index is 0.112. The number of amides is 2.